The van der Waals surface area contributed by atoms with Crippen LogP contribution in [0.4, 0.5) is 10.5 Å². The van der Waals surface area contributed by atoms with Crippen LogP contribution in [0.25, 0.3) is 0 Å². The molecule has 1 aliphatic rings. The maximum absolute atomic E-state index is 12.4. The Morgan fingerprint density at radius 3 is 2.56 bits per heavy atom. The van der Waals surface area contributed by atoms with E-state index in [-0.39, 0.29) is 6.03 Å². The van der Waals surface area contributed by atoms with E-state index in [0.29, 0.717) is 24.5 Å². The molecule has 6 nitrogen and oxygen atoms in total. The minimum atomic E-state index is -0.143. The number of likely N-dealkylation sites (tertiary alicyclic amines) is 1. The molecule has 3 rings (SSSR count). The molecule has 2 aromatic carbocycles. The van der Waals surface area contributed by atoms with E-state index in [0.717, 1.165) is 37.4 Å². The average molecular weight is 467 g/mol. The molecule has 1 saturated heterocycles. The van der Waals surface area contributed by atoms with E-state index in [1.165, 1.54) is 24.9 Å². The number of nitrogens with zero attached hydrogens (tertiary/aromatic N) is 2. The van der Waals surface area contributed by atoms with E-state index in [1.807, 2.05) is 42.5 Å². The van der Waals surface area contributed by atoms with Gasteiger partial charge in [-0.25, -0.2) is 4.79 Å². The van der Waals surface area contributed by atoms with Gasteiger partial charge in [-0.15, -0.1) is 0 Å². The molecule has 2 N–H and O–H groups in total. The predicted molar refractivity (Wildman–Crippen MR) is 141 cm³/mol. The lowest BCUT2D eigenvalue weighted by Gasteiger charge is -2.34. The van der Waals surface area contributed by atoms with Crippen LogP contribution < -0.4 is 15.4 Å². The van der Waals surface area contributed by atoms with Crippen LogP contribution in [-0.2, 0) is 6.42 Å². The number of carbonyl (C=O) groups is 1. The van der Waals surface area contributed by atoms with Crippen molar-refractivity contribution in [2.45, 2.75) is 51.6 Å². The average Bonchev–Trinajstić information content (AvgIpc) is 3.27. The fourth-order valence-electron chi connectivity index (χ4n) is 4.81. The molecule has 34 heavy (non-hydrogen) atoms. The molecule has 0 aromatic heterocycles. The summed E-state index contributed by atoms with van der Waals surface area (Å²) in [5.74, 6) is 1.48. The minimum Gasteiger partial charge on any atom is -0.497 e. The van der Waals surface area contributed by atoms with Crippen molar-refractivity contribution >= 4 is 11.7 Å². The number of rotatable bonds is 12. The fourth-order valence-corrected chi connectivity index (χ4v) is 4.81. The molecular formula is C28H42N4O2. The van der Waals surface area contributed by atoms with E-state index in [1.54, 1.807) is 7.11 Å². The quantitative estimate of drug-likeness (QED) is 0.469. The van der Waals surface area contributed by atoms with Crippen LogP contribution in [-0.4, -0.2) is 68.3 Å². The molecule has 0 radical (unpaired) electrons. The molecule has 2 atom stereocenters. The van der Waals surface area contributed by atoms with Crippen molar-refractivity contribution in [3.63, 3.8) is 0 Å². The van der Waals surface area contributed by atoms with Gasteiger partial charge in [0, 0.05) is 37.4 Å². The van der Waals surface area contributed by atoms with Crippen molar-refractivity contribution in [3.8, 4) is 5.75 Å². The molecular weight excluding hydrogens is 424 g/mol. The van der Waals surface area contributed by atoms with Gasteiger partial charge in [0.15, 0.2) is 0 Å². The first kappa shape index (κ1) is 26.0. The Morgan fingerprint density at radius 1 is 1.15 bits per heavy atom. The lowest BCUT2D eigenvalue weighted by Crippen LogP contribution is -2.48. The van der Waals surface area contributed by atoms with Gasteiger partial charge in [0.2, 0.25) is 0 Å². The number of methoxy groups -OCH3 is 1. The van der Waals surface area contributed by atoms with Crippen molar-refractivity contribution in [1.82, 2.24) is 15.1 Å². The minimum absolute atomic E-state index is 0.143. The summed E-state index contributed by atoms with van der Waals surface area (Å²) in [6, 6.07) is 18.7. The van der Waals surface area contributed by atoms with Crippen molar-refractivity contribution in [2.75, 3.05) is 45.7 Å². The Morgan fingerprint density at radius 2 is 1.88 bits per heavy atom. The van der Waals surface area contributed by atoms with Gasteiger partial charge in [-0.1, -0.05) is 44.2 Å². The third-order valence-electron chi connectivity index (χ3n) is 6.74. The van der Waals surface area contributed by atoms with Gasteiger partial charge in [-0.3, -0.25) is 4.90 Å². The van der Waals surface area contributed by atoms with Crippen LogP contribution in [0.15, 0.2) is 54.6 Å². The Kier molecular flexibility index (Phi) is 10.2. The SMILES string of the molecule is COc1ccc(CCN2CCC[C@H]2CN(C)[C@@H](CNC(=O)Nc2ccccc2)CC(C)C)cc1. The Labute approximate surface area is 205 Å². The molecule has 2 aromatic rings. The second kappa shape index (κ2) is 13.4. The molecule has 0 bridgehead atoms. The number of likely N-dealkylation sites (N-methyl/N-ethyl adjacent to an activating group) is 1. The van der Waals surface area contributed by atoms with Gasteiger partial charge in [-0.05, 0) is 75.0 Å². The number of carbonyl (C=O) groups excluding carboxylic acids is 1. The molecule has 186 valence electrons. The standard InChI is InChI=1S/C28H42N4O2/c1-22(2)19-26(20-29-28(33)30-24-9-6-5-7-10-24)31(3)21-25-11-8-17-32(25)18-16-23-12-14-27(34-4)15-13-23/h5-7,9-10,12-15,22,25-26H,8,11,16-21H2,1-4H3,(H2,29,30,33)/t25-,26+/m0/s1. The highest BCUT2D eigenvalue weighted by molar-refractivity contribution is 5.89. The van der Waals surface area contributed by atoms with Crippen molar-refractivity contribution in [3.05, 3.63) is 60.2 Å². The van der Waals surface area contributed by atoms with E-state index in [2.05, 4.69) is 53.5 Å². The highest BCUT2D eigenvalue weighted by Gasteiger charge is 2.28. The summed E-state index contributed by atoms with van der Waals surface area (Å²) in [6.07, 6.45) is 4.61. The molecule has 1 aliphatic heterocycles. The number of amides is 2. The maximum Gasteiger partial charge on any atom is 0.319 e. The van der Waals surface area contributed by atoms with Crippen LogP contribution in [0.2, 0.25) is 0 Å². The van der Waals surface area contributed by atoms with E-state index in [9.17, 15) is 4.79 Å². The monoisotopic (exact) mass is 466 g/mol. The topological polar surface area (TPSA) is 56.8 Å². The highest BCUT2D eigenvalue weighted by Crippen LogP contribution is 2.21. The van der Waals surface area contributed by atoms with Gasteiger partial charge in [0.05, 0.1) is 7.11 Å². The first-order valence-corrected chi connectivity index (χ1v) is 12.6. The Bertz CT molecular complexity index is 856. The molecule has 0 unspecified atom stereocenters. The third kappa shape index (κ3) is 8.33. The van der Waals surface area contributed by atoms with Crippen LogP contribution in [0.5, 0.6) is 5.75 Å². The summed E-state index contributed by atoms with van der Waals surface area (Å²) in [5, 5.41) is 6.02. The maximum atomic E-state index is 12.4. The van der Waals surface area contributed by atoms with Gasteiger partial charge in [0.1, 0.15) is 5.75 Å². The molecule has 2 amide bonds. The second-order valence-electron chi connectivity index (χ2n) is 9.85. The molecule has 0 aliphatic carbocycles. The normalized spacial score (nSPS) is 17.2. The van der Waals surface area contributed by atoms with Crippen molar-refractivity contribution in [2.24, 2.45) is 5.92 Å². The van der Waals surface area contributed by atoms with Crippen molar-refractivity contribution < 1.29 is 9.53 Å². The largest absolute Gasteiger partial charge is 0.497 e. The van der Waals surface area contributed by atoms with E-state index >= 15 is 0 Å². The zero-order valence-corrected chi connectivity index (χ0v) is 21.3. The van der Waals surface area contributed by atoms with Gasteiger partial charge in [0.25, 0.3) is 0 Å². The summed E-state index contributed by atoms with van der Waals surface area (Å²) in [5.41, 5.74) is 2.17. The van der Waals surface area contributed by atoms with E-state index < -0.39 is 0 Å². The van der Waals surface area contributed by atoms with Gasteiger partial charge in [-0.2, -0.15) is 0 Å². The van der Waals surface area contributed by atoms with Crippen LogP contribution >= 0.6 is 0 Å². The summed E-state index contributed by atoms with van der Waals surface area (Å²) < 4.78 is 5.28. The highest BCUT2D eigenvalue weighted by atomic mass is 16.5. The number of nitrogens with one attached hydrogen (secondary N) is 2. The smallest absolute Gasteiger partial charge is 0.319 e. The molecule has 6 heteroatoms. The fraction of sp³-hybridized carbons (Fsp3) is 0.536. The molecule has 0 saturated carbocycles. The summed E-state index contributed by atoms with van der Waals surface area (Å²) in [7, 11) is 3.92. The van der Waals surface area contributed by atoms with Gasteiger partial charge >= 0.3 is 6.03 Å². The molecule has 1 fully saturated rings. The number of ether oxygens (including phenoxy) is 1. The van der Waals surface area contributed by atoms with Gasteiger partial charge < -0.3 is 20.3 Å². The van der Waals surface area contributed by atoms with Crippen LogP contribution in [0.3, 0.4) is 0 Å². The predicted octanol–water partition coefficient (Wildman–Crippen LogP) is 4.87. The third-order valence-corrected chi connectivity index (χ3v) is 6.74. The number of hydrogen-bond acceptors (Lipinski definition) is 4. The summed E-state index contributed by atoms with van der Waals surface area (Å²) in [4.78, 5) is 17.5. The number of para-hydroxylation sites is 1. The van der Waals surface area contributed by atoms with Crippen LogP contribution in [0, 0.1) is 5.92 Å². The summed E-state index contributed by atoms with van der Waals surface area (Å²) >= 11 is 0. The number of benzene rings is 2. The lowest BCUT2D eigenvalue weighted by molar-refractivity contribution is 0.146. The van der Waals surface area contributed by atoms with Crippen molar-refractivity contribution in [1.29, 1.82) is 0 Å². The zero-order valence-electron chi connectivity index (χ0n) is 21.3. The lowest BCUT2D eigenvalue weighted by atomic mass is 10.0. The number of hydrogen-bond donors (Lipinski definition) is 2. The summed E-state index contributed by atoms with van der Waals surface area (Å²) in [6.45, 7) is 8.43. The first-order chi connectivity index (χ1) is 16.4. The Hall–Kier alpha value is -2.57. The second-order valence-corrected chi connectivity index (χ2v) is 9.85. The first-order valence-electron chi connectivity index (χ1n) is 12.6. The Balaban J connectivity index is 1.50. The number of urea groups is 1. The zero-order chi connectivity index (χ0) is 24.3. The van der Waals surface area contributed by atoms with Crippen LogP contribution in [0.1, 0.15) is 38.7 Å². The van der Waals surface area contributed by atoms with E-state index in [4.69, 9.17) is 4.74 Å². The molecule has 1 heterocycles. The molecule has 0 spiro atoms. The number of anilines is 1.